The van der Waals surface area contributed by atoms with Crippen molar-refractivity contribution in [2.75, 3.05) is 31.8 Å². The molecule has 0 spiro atoms. The second-order valence-electron chi connectivity index (χ2n) is 5.18. The van der Waals surface area contributed by atoms with Crippen LogP contribution in [0.5, 0.6) is 0 Å². The van der Waals surface area contributed by atoms with Crippen LogP contribution in [0.2, 0.25) is 5.02 Å². The van der Waals surface area contributed by atoms with E-state index in [9.17, 15) is 4.79 Å². The number of carbonyl (C=O) groups excluding carboxylic acids is 1. The Labute approximate surface area is 136 Å². The molecular weight excluding hydrogens is 306 g/mol. The van der Waals surface area contributed by atoms with E-state index in [1.807, 2.05) is 40.9 Å². The van der Waals surface area contributed by atoms with Gasteiger partial charge in [-0.05, 0) is 30.5 Å². The zero-order valence-electron chi connectivity index (χ0n) is 12.4. The number of nitrogens with zero attached hydrogens (tertiary/aromatic N) is 1. The highest BCUT2D eigenvalue weighted by atomic mass is 35.5. The molecule has 1 amide bonds. The number of amides is 1. The predicted octanol–water partition coefficient (Wildman–Crippen LogP) is 3.77. The molecule has 2 rings (SSSR count). The van der Waals surface area contributed by atoms with Crippen molar-refractivity contribution < 1.29 is 9.53 Å². The number of hydrogen-bond acceptors (Lipinski definition) is 3. The van der Waals surface area contributed by atoms with Crippen molar-refractivity contribution in [2.45, 2.75) is 25.3 Å². The van der Waals surface area contributed by atoms with Crippen LogP contribution in [0.25, 0.3) is 0 Å². The van der Waals surface area contributed by atoms with Crippen molar-refractivity contribution in [3.63, 3.8) is 0 Å². The van der Waals surface area contributed by atoms with Gasteiger partial charge in [-0.2, -0.15) is 11.8 Å². The SMILES string of the molecule is COCCCCC(=O)N1CCSC[C@@H]1c1ccc(Cl)cc1. The zero-order chi connectivity index (χ0) is 15.1. The molecule has 0 saturated carbocycles. The van der Waals surface area contributed by atoms with Crippen molar-refractivity contribution in [1.29, 1.82) is 0 Å². The summed E-state index contributed by atoms with van der Waals surface area (Å²) in [6.45, 7) is 1.56. The van der Waals surface area contributed by atoms with E-state index in [1.165, 1.54) is 5.56 Å². The van der Waals surface area contributed by atoms with E-state index in [4.69, 9.17) is 16.3 Å². The van der Waals surface area contributed by atoms with Gasteiger partial charge in [0.25, 0.3) is 0 Å². The molecule has 0 aliphatic carbocycles. The Kier molecular flexibility index (Phi) is 6.87. The van der Waals surface area contributed by atoms with Crippen molar-refractivity contribution >= 4 is 29.3 Å². The Morgan fingerprint density at radius 1 is 1.38 bits per heavy atom. The number of ether oxygens (including phenoxy) is 1. The lowest BCUT2D eigenvalue weighted by Crippen LogP contribution is -2.40. The lowest BCUT2D eigenvalue weighted by molar-refractivity contribution is -0.133. The molecule has 0 unspecified atom stereocenters. The first-order valence-corrected chi connectivity index (χ1v) is 8.87. The van der Waals surface area contributed by atoms with Gasteiger partial charge in [-0.3, -0.25) is 4.79 Å². The monoisotopic (exact) mass is 327 g/mol. The van der Waals surface area contributed by atoms with Crippen molar-refractivity contribution in [3.8, 4) is 0 Å². The number of hydrogen-bond donors (Lipinski definition) is 0. The summed E-state index contributed by atoms with van der Waals surface area (Å²) in [5.41, 5.74) is 1.18. The van der Waals surface area contributed by atoms with Gasteiger partial charge in [0, 0.05) is 43.2 Å². The molecule has 5 heteroatoms. The zero-order valence-corrected chi connectivity index (χ0v) is 14.0. The van der Waals surface area contributed by atoms with Crippen LogP contribution in [0.1, 0.15) is 30.9 Å². The van der Waals surface area contributed by atoms with Crippen LogP contribution in [0.15, 0.2) is 24.3 Å². The van der Waals surface area contributed by atoms with Gasteiger partial charge in [-0.15, -0.1) is 0 Å². The molecule has 1 heterocycles. The third-order valence-electron chi connectivity index (χ3n) is 3.69. The Bertz CT molecular complexity index is 452. The van der Waals surface area contributed by atoms with Gasteiger partial charge in [0.15, 0.2) is 0 Å². The Morgan fingerprint density at radius 3 is 2.86 bits per heavy atom. The third kappa shape index (κ3) is 4.90. The standard InChI is InChI=1S/C16H22ClNO2S/c1-20-10-3-2-4-16(19)18-9-11-21-12-15(18)13-5-7-14(17)8-6-13/h5-8,15H,2-4,9-12H2,1H3/t15-/m1/s1. The molecule has 1 fully saturated rings. The van der Waals surface area contributed by atoms with E-state index in [0.29, 0.717) is 6.42 Å². The fourth-order valence-corrected chi connectivity index (χ4v) is 3.74. The summed E-state index contributed by atoms with van der Waals surface area (Å²) in [5, 5.41) is 0.736. The molecule has 116 valence electrons. The molecule has 1 saturated heterocycles. The van der Waals surface area contributed by atoms with Crippen LogP contribution >= 0.6 is 23.4 Å². The molecule has 1 aliphatic heterocycles. The molecule has 1 aromatic rings. The second-order valence-corrected chi connectivity index (χ2v) is 6.77. The maximum atomic E-state index is 12.5. The maximum Gasteiger partial charge on any atom is 0.223 e. The van der Waals surface area contributed by atoms with Crippen LogP contribution in [-0.4, -0.2) is 42.6 Å². The minimum absolute atomic E-state index is 0.177. The molecule has 0 radical (unpaired) electrons. The normalized spacial score (nSPS) is 18.8. The van der Waals surface area contributed by atoms with Crippen molar-refractivity contribution in [1.82, 2.24) is 4.90 Å². The third-order valence-corrected chi connectivity index (χ3v) is 4.97. The van der Waals surface area contributed by atoms with Gasteiger partial charge in [-0.25, -0.2) is 0 Å². The summed E-state index contributed by atoms with van der Waals surface area (Å²) < 4.78 is 5.03. The first-order valence-electron chi connectivity index (χ1n) is 7.34. The van der Waals surface area contributed by atoms with Crippen LogP contribution in [0.3, 0.4) is 0 Å². The number of carbonyl (C=O) groups is 1. The summed E-state index contributed by atoms with van der Waals surface area (Å²) in [6.07, 6.45) is 2.44. The van der Waals surface area contributed by atoms with E-state index in [-0.39, 0.29) is 11.9 Å². The second kappa shape index (κ2) is 8.66. The lowest BCUT2D eigenvalue weighted by Gasteiger charge is -2.36. The van der Waals surface area contributed by atoms with Crippen LogP contribution in [0.4, 0.5) is 0 Å². The van der Waals surface area contributed by atoms with Gasteiger partial charge in [0.1, 0.15) is 0 Å². The van der Waals surface area contributed by atoms with E-state index < -0.39 is 0 Å². The van der Waals surface area contributed by atoms with Gasteiger partial charge >= 0.3 is 0 Å². The Hall–Kier alpha value is -0.710. The number of unbranched alkanes of at least 4 members (excludes halogenated alkanes) is 1. The molecule has 3 nitrogen and oxygen atoms in total. The van der Waals surface area contributed by atoms with Gasteiger partial charge in [0.2, 0.25) is 5.91 Å². The number of benzene rings is 1. The van der Waals surface area contributed by atoms with Gasteiger partial charge in [-0.1, -0.05) is 23.7 Å². The molecular formula is C16H22ClNO2S. The molecule has 1 aliphatic rings. The highest BCUT2D eigenvalue weighted by Gasteiger charge is 2.27. The Balaban J connectivity index is 1.98. The minimum atomic E-state index is 0.177. The molecule has 0 N–H and O–H groups in total. The highest BCUT2D eigenvalue weighted by Crippen LogP contribution is 2.30. The smallest absolute Gasteiger partial charge is 0.223 e. The quantitative estimate of drug-likeness (QED) is 0.745. The largest absolute Gasteiger partial charge is 0.385 e. The number of halogens is 1. The molecule has 1 aromatic carbocycles. The fourth-order valence-electron chi connectivity index (χ4n) is 2.53. The number of rotatable bonds is 6. The van der Waals surface area contributed by atoms with Gasteiger partial charge in [0.05, 0.1) is 6.04 Å². The minimum Gasteiger partial charge on any atom is -0.385 e. The highest BCUT2D eigenvalue weighted by molar-refractivity contribution is 7.99. The molecule has 1 atom stereocenters. The summed E-state index contributed by atoms with van der Waals surface area (Å²) in [5.74, 6) is 2.24. The average Bonchev–Trinajstić information content (AvgIpc) is 2.52. The first-order chi connectivity index (χ1) is 10.2. The van der Waals surface area contributed by atoms with Crippen LogP contribution < -0.4 is 0 Å². The summed E-state index contributed by atoms with van der Waals surface area (Å²) in [7, 11) is 1.69. The fraction of sp³-hybridized carbons (Fsp3) is 0.562. The molecule has 0 aromatic heterocycles. The Morgan fingerprint density at radius 2 is 2.14 bits per heavy atom. The molecule has 21 heavy (non-hydrogen) atoms. The van der Waals surface area contributed by atoms with Crippen molar-refractivity contribution in [3.05, 3.63) is 34.9 Å². The van der Waals surface area contributed by atoms with Crippen molar-refractivity contribution in [2.24, 2.45) is 0 Å². The predicted molar refractivity (Wildman–Crippen MR) is 89.0 cm³/mol. The lowest BCUT2D eigenvalue weighted by atomic mass is 10.1. The topological polar surface area (TPSA) is 29.5 Å². The maximum absolute atomic E-state index is 12.5. The molecule has 0 bridgehead atoms. The summed E-state index contributed by atoms with van der Waals surface area (Å²) in [4.78, 5) is 14.5. The first kappa shape index (κ1) is 16.7. The van der Waals surface area contributed by atoms with E-state index in [0.717, 1.165) is 42.5 Å². The van der Waals surface area contributed by atoms with Gasteiger partial charge < -0.3 is 9.64 Å². The average molecular weight is 328 g/mol. The number of thioether (sulfide) groups is 1. The van der Waals surface area contributed by atoms with E-state index in [2.05, 4.69) is 0 Å². The van der Waals surface area contributed by atoms with E-state index in [1.54, 1.807) is 7.11 Å². The number of methoxy groups -OCH3 is 1. The van der Waals surface area contributed by atoms with Crippen LogP contribution in [0, 0.1) is 0 Å². The van der Waals surface area contributed by atoms with E-state index >= 15 is 0 Å². The summed E-state index contributed by atoms with van der Waals surface area (Å²) in [6, 6.07) is 8.04. The summed E-state index contributed by atoms with van der Waals surface area (Å²) >= 11 is 7.86. The van der Waals surface area contributed by atoms with Crippen LogP contribution in [-0.2, 0) is 9.53 Å².